The van der Waals surface area contributed by atoms with E-state index in [1.165, 1.54) is 44.9 Å². The molecule has 3 fully saturated rings. The molecule has 0 aromatic heterocycles. The second-order valence-electron chi connectivity index (χ2n) is 6.69. The molecule has 4 unspecified atom stereocenters. The maximum Gasteiger partial charge on any atom is 0.237 e. The number of carbonyl (C=O) groups is 1. The van der Waals surface area contributed by atoms with Gasteiger partial charge in [-0.05, 0) is 49.9 Å². The summed E-state index contributed by atoms with van der Waals surface area (Å²) in [6.07, 6.45) is 11.4. The van der Waals surface area contributed by atoms with Crippen molar-refractivity contribution in [1.29, 1.82) is 0 Å². The van der Waals surface area contributed by atoms with Crippen molar-refractivity contribution in [2.75, 3.05) is 0 Å². The number of hydrogen-bond acceptors (Lipinski definition) is 2. The minimum Gasteiger partial charge on any atom is -0.352 e. The highest BCUT2D eigenvalue weighted by Crippen LogP contribution is 2.42. The van der Waals surface area contributed by atoms with E-state index in [-0.39, 0.29) is 11.9 Å². The van der Waals surface area contributed by atoms with Crippen molar-refractivity contribution < 1.29 is 4.79 Å². The molecule has 0 spiro atoms. The zero-order valence-electron chi connectivity index (χ0n) is 11.2. The van der Waals surface area contributed by atoms with Crippen molar-refractivity contribution in [2.24, 2.45) is 23.5 Å². The molecule has 0 aromatic carbocycles. The number of nitrogens with two attached hydrogens (primary N) is 1. The number of hydrogen-bond donors (Lipinski definition) is 2. The Morgan fingerprint density at radius 2 is 1.72 bits per heavy atom. The van der Waals surface area contributed by atoms with Crippen LogP contribution >= 0.6 is 0 Å². The molecule has 3 heteroatoms. The van der Waals surface area contributed by atoms with E-state index < -0.39 is 0 Å². The molecule has 3 aliphatic carbocycles. The van der Waals surface area contributed by atoms with Gasteiger partial charge in [0.05, 0.1) is 6.04 Å². The van der Waals surface area contributed by atoms with Gasteiger partial charge in [0.1, 0.15) is 0 Å². The molecule has 4 atom stereocenters. The summed E-state index contributed by atoms with van der Waals surface area (Å²) < 4.78 is 0. The fourth-order valence-electron chi connectivity index (χ4n) is 4.14. The van der Waals surface area contributed by atoms with Crippen LogP contribution in [0.2, 0.25) is 0 Å². The molecule has 18 heavy (non-hydrogen) atoms. The lowest BCUT2D eigenvalue weighted by Gasteiger charge is -2.35. The minimum absolute atomic E-state index is 0.112. The van der Waals surface area contributed by atoms with Gasteiger partial charge in [0.15, 0.2) is 0 Å². The molecule has 3 rings (SSSR count). The largest absolute Gasteiger partial charge is 0.352 e. The van der Waals surface area contributed by atoms with Crippen LogP contribution in [0.4, 0.5) is 0 Å². The summed E-state index contributed by atoms with van der Waals surface area (Å²) in [4.78, 5) is 12.1. The maximum absolute atomic E-state index is 12.1. The second-order valence-corrected chi connectivity index (χ2v) is 6.69. The zero-order chi connectivity index (χ0) is 12.5. The van der Waals surface area contributed by atoms with Crippen LogP contribution in [0.15, 0.2) is 0 Å². The lowest BCUT2D eigenvalue weighted by Crippen LogP contribution is -2.51. The summed E-state index contributed by atoms with van der Waals surface area (Å²) in [5.41, 5.74) is 6.03. The Labute approximate surface area is 110 Å². The molecule has 0 aliphatic heterocycles. The lowest BCUT2D eigenvalue weighted by atomic mass is 9.78. The second kappa shape index (κ2) is 5.20. The quantitative estimate of drug-likeness (QED) is 0.807. The Kier molecular flexibility index (Phi) is 3.60. The predicted octanol–water partition coefficient (Wildman–Crippen LogP) is 2.20. The number of rotatable bonds is 3. The van der Waals surface area contributed by atoms with Crippen LogP contribution in [0, 0.1) is 17.8 Å². The highest BCUT2D eigenvalue weighted by atomic mass is 16.2. The Morgan fingerprint density at radius 1 is 1.00 bits per heavy atom. The highest BCUT2D eigenvalue weighted by molar-refractivity contribution is 5.82. The Hall–Kier alpha value is -0.570. The molecule has 1 amide bonds. The van der Waals surface area contributed by atoms with Crippen LogP contribution in [0.3, 0.4) is 0 Å². The average molecular weight is 250 g/mol. The standard InChI is InChI=1S/C15H26N2O/c16-14(11-4-2-5-11)15(18)17-13-8-7-10-3-1-6-12(10)9-13/h10-14H,1-9,16H2,(H,17,18). The molecule has 0 radical (unpaired) electrons. The number of nitrogens with one attached hydrogen (secondary N) is 1. The molecular formula is C15H26N2O. The smallest absolute Gasteiger partial charge is 0.237 e. The zero-order valence-corrected chi connectivity index (χ0v) is 11.2. The first-order valence-corrected chi connectivity index (χ1v) is 7.80. The van der Waals surface area contributed by atoms with Crippen molar-refractivity contribution in [2.45, 2.75) is 69.9 Å². The predicted molar refractivity (Wildman–Crippen MR) is 71.9 cm³/mol. The number of fused-ring (bicyclic) bond motifs is 1. The van der Waals surface area contributed by atoms with Crippen LogP contribution in [-0.4, -0.2) is 18.0 Å². The summed E-state index contributed by atoms with van der Waals surface area (Å²) in [5, 5.41) is 3.22. The topological polar surface area (TPSA) is 55.1 Å². The normalized spacial score (nSPS) is 37.7. The molecular weight excluding hydrogens is 224 g/mol. The van der Waals surface area contributed by atoms with Crippen molar-refractivity contribution in [1.82, 2.24) is 5.32 Å². The molecule has 0 saturated heterocycles. The van der Waals surface area contributed by atoms with Gasteiger partial charge >= 0.3 is 0 Å². The molecule has 0 aromatic rings. The van der Waals surface area contributed by atoms with Crippen LogP contribution in [0.1, 0.15) is 57.8 Å². The summed E-state index contributed by atoms with van der Waals surface area (Å²) >= 11 is 0. The lowest BCUT2D eigenvalue weighted by molar-refractivity contribution is -0.125. The third-order valence-electron chi connectivity index (χ3n) is 5.60. The first-order chi connectivity index (χ1) is 8.74. The van der Waals surface area contributed by atoms with Gasteiger partial charge in [-0.3, -0.25) is 4.79 Å². The van der Waals surface area contributed by atoms with Gasteiger partial charge in [0.2, 0.25) is 5.91 Å². The van der Waals surface area contributed by atoms with E-state index >= 15 is 0 Å². The van der Waals surface area contributed by atoms with Crippen LogP contribution in [0.5, 0.6) is 0 Å². The molecule has 3 N–H and O–H groups in total. The van der Waals surface area contributed by atoms with E-state index in [1.54, 1.807) is 0 Å². The van der Waals surface area contributed by atoms with Gasteiger partial charge in [-0.1, -0.05) is 25.7 Å². The Balaban J connectivity index is 1.48. The first-order valence-electron chi connectivity index (χ1n) is 7.80. The Bertz CT molecular complexity index is 314. The first kappa shape index (κ1) is 12.5. The van der Waals surface area contributed by atoms with E-state index in [2.05, 4.69) is 5.32 Å². The monoisotopic (exact) mass is 250 g/mol. The highest BCUT2D eigenvalue weighted by Gasteiger charge is 2.36. The summed E-state index contributed by atoms with van der Waals surface area (Å²) in [5.74, 6) is 2.40. The Morgan fingerprint density at radius 3 is 2.44 bits per heavy atom. The fraction of sp³-hybridized carbons (Fsp3) is 0.933. The van der Waals surface area contributed by atoms with Crippen LogP contribution < -0.4 is 11.1 Å². The maximum atomic E-state index is 12.1. The van der Waals surface area contributed by atoms with E-state index in [0.29, 0.717) is 12.0 Å². The van der Waals surface area contributed by atoms with E-state index in [1.807, 2.05) is 0 Å². The molecule has 102 valence electrons. The third kappa shape index (κ3) is 2.42. The fourth-order valence-corrected chi connectivity index (χ4v) is 4.14. The van der Waals surface area contributed by atoms with Gasteiger partial charge < -0.3 is 11.1 Å². The van der Waals surface area contributed by atoms with E-state index in [9.17, 15) is 4.79 Å². The van der Waals surface area contributed by atoms with Crippen LogP contribution in [0.25, 0.3) is 0 Å². The van der Waals surface area contributed by atoms with E-state index in [0.717, 1.165) is 24.7 Å². The van der Waals surface area contributed by atoms with Gasteiger partial charge in [-0.2, -0.15) is 0 Å². The molecule has 3 aliphatic rings. The SMILES string of the molecule is NC(C(=O)NC1CCC2CCCC2C1)C1CCC1. The van der Waals surface area contributed by atoms with E-state index in [4.69, 9.17) is 5.73 Å². The van der Waals surface area contributed by atoms with Crippen molar-refractivity contribution in [3.8, 4) is 0 Å². The van der Waals surface area contributed by atoms with Crippen molar-refractivity contribution in [3.05, 3.63) is 0 Å². The van der Waals surface area contributed by atoms with Gasteiger partial charge in [-0.15, -0.1) is 0 Å². The number of carbonyl (C=O) groups excluding carboxylic acids is 1. The third-order valence-corrected chi connectivity index (χ3v) is 5.60. The van der Waals surface area contributed by atoms with Gasteiger partial charge in [0, 0.05) is 6.04 Å². The molecule has 0 heterocycles. The number of amides is 1. The van der Waals surface area contributed by atoms with Gasteiger partial charge in [-0.25, -0.2) is 0 Å². The summed E-state index contributed by atoms with van der Waals surface area (Å²) in [7, 11) is 0. The summed E-state index contributed by atoms with van der Waals surface area (Å²) in [6.45, 7) is 0. The molecule has 3 saturated carbocycles. The molecule has 3 nitrogen and oxygen atoms in total. The van der Waals surface area contributed by atoms with Crippen LogP contribution in [-0.2, 0) is 4.79 Å². The van der Waals surface area contributed by atoms with Crippen molar-refractivity contribution >= 4 is 5.91 Å². The average Bonchev–Trinajstić information content (AvgIpc) is 2.73. The summed E-state index contributed by atoms with van der Waals surface area (Å²) in [6, 6.07) is 0.156. The molecule has 0 bridgehead atoms. The van der Waals surface area contributed by atoms with Gasteiger partial charge in [0.25, 0.3) is 0 Å². The van der Waals surface area contributed by atoms with Crippen molar-refractivity contribution in [3.63, 3.8) is 0 Å². The minimum atomic E-state index is -0.250.